The molecule has 1 rings (SSSR count). The van der Waals surface area contributed by atoms with E-state index in [2.05, 4.69) is 9.72 Å². The Morgan fingerprint density at radius 3 is 2.60 bits per heavy atom. The smallest absolute Gasteiger partial charge is 0.278 e. The summed E-state index contributed by atoms with van der Waals surface area (Å²) in [7, 11) is 1.43. The SMILES string of the molecule is COc1c[nH]c(C(F)F)c1. The van der Waals surface area contributed by atoms with Crippen molar-refractivity contribution in [3.05, 3.63) is 18.0 Å². The summed E-state index contributed by atoms with van der Waals surface area (Å²) in [5, 5.41) is 0. The van der Waals surface area contributed by atoms with Crippen LogP contribution in [-0.4, -0.2) is 12.1 Å². The molecule has 0 saturated heterocycles. The van der Waals surface area contributed by atoms with Gasteiger partial charge in [0.25, 0.3) is 6.43 Å². The quantitative estimate of drug-likeness (QED) is 0.679. The summed E-state index contributed by atoms with van der Waals surface area (Å²) < 4.78 is 28.3. The number of methoxy groups -OCH3 is 1. The van der Waals surface area contributed by atoms with Crippen molar-refractivity contribution in [3.63, 3.8) is 0 Å². The zero-order chi connectivity index (χ0) is 7.56. The van der Waals surface area contributed by atoms with Crippen molar-refractivity contribution in [1.82, 2.24) is 4.98 Å². The van der Waals surface area contributed by atoms with Crippen molar-refractivity contribution in [2.75, 3.05) is 7.11 Å². The van der Waals surface area contributed by atoms with Crippen molar-refractivity contribution in [2.45, 2.75) is 6.43 Å². The molecule has 4 heteroatoms. The van der Waals surface area contributed by atoms with E-state index >= 15 is 0 Å². The molecule has 1 aromatic rings. The van der Waals surface area contributed by atoms with E-state index in [1.54, 1.807) is 0 Å². The number of ether oxygens (including phenoxy) is 1. The second kappa shape index (κ2) is 2.68. The molecule has 1 aromatic heterocycles. The number of alkyl halides is 2. The van der Waals surface area contributed by atoms with Crippen LogP contribution in [-0.2, 0) is 0 Å². The van der Waals surface area contributed by atoms with Crippen LogP contribution in [0, 0.1) is 0 Å². The molecular formula is C6H7F2NO. The summed E-state index contributed by atoms with van der Waals surface area (Å²) in [5.74, 6) is 0.426. The van der Waals surface area contributed by atoms with Crippen LogP contribution in [0.3, 0.4) is 0 Å². The van der Waals surface area contributed by atoms with Gasteiger partial charge in [-0.3, -0.25) is 0 Å². The maximum absolute atomic E-state index is 11.8. The van der Waals surface area contributed by atoms with Gasteiger partial charge in [0, 0.05) is 12.3 Å². The van der Waals surface area contributed by atoms with Crippen LogP contribution in [0.2, 0.25) is 0 Å². The number of halogens is 2. The molecule has 1 N–H and O–H groups in total. The minimum absolute atomic E-state index is 0.114. The minimum Gasteiger partial charge on any atom is -0.495 e. The predicted octanol–water partition coefficient (Wildman–Crippen LogP) is 1.96. The van der Waals surface area contributed by atoms with E-state index in [-0.39, 0.29) is 5.69 Å². The van der Waals surface area contributed by atoms with Gasteiger partial charge in [-0.05, 0) is 0 Å². The Hall–Kier alpha value is -1.06. The Balaban J connectivity index is 2.78. The summed E-state index contributed by atoms with van der Waals surface area (Å²) >= 11 is 0. The van der Waals surface area contributed by atoms with Crippen LogP contribution >= 0.6 is 0 Å². The van der Waals surface area contributed by atoms with E-state index in [0.29, 0.717) is 5.75 Å². The third-order valence-corrected chi connectivity index (χ3v) is 1.15. The van der Waals surface area contributed by atoms with Gasteiger partial charge in [-0.1, -0.05) is 0 Å². The third kappa shape index (κ3) is 1.26. The number of rotatable bonds is 2. The first-order valence-electron chi connectivity index (χ1n) is 2.74. The molecule has 2 nitrogen and oxygen atoms in total. The Bertz CT molecular complexity index is 209. The largest absolute Gasteiger partial charge is 0.495 e. The molecule has 0 aliphatic carbocycles. The molecule has 0 atom stereocenters. The molecule has 0 amide bonds. The summed E-state index contributed by atoms with van der Waals surface area (Å²) in [4.78, 5) is 2.38. The van der Waals surface area contributed by atoms with Gasteiger partial charge < -0.3 is 9.72 Å². The molecule has 0 spiro atoms. The van der Waals surface area contributed by atoms with Gasteiger partial charge in [-0.15, -0.1) is 0 Å². The Morgan fingerprint density at radius 2 is 2.30 bits per heavy atom. The van der Waals surface area contributed by atoms with Crippen molar-refractivity contribution < 1.29 is 13.5 Å². The highest BCUT2D eigenvalue weighted by molar-refractivity contribution is 5.23. The Morgan fingerprint density at radius 1 is 1.60 bits per heavy atom. The highest BCUT2D eigenvalue weighted by Crippen LogP contribution is 2.21. The molecule has 10 heavy (non-hydrogen) atoms. The third-order valence-electron chi connectivity index (χ3n) is 1.15. The fourth-order valence-electron chi connectivity index (χ4n) is 0.635. The second-order valence-corrected chi connectivity index (χ2v) is 1.80. The summed E-state index contributed by atoms with van der Waals surface area (Å²) in [6, 6.07) is 1.27. The number of nitrogens with one attached hydrogen (secondary N) is 1. The summed E-state index contributed by atoms with van der Waals surface area (Å²) in [6.07, 6.45) is -1.06. The lowest BCUT2D eigenvalue weighted by atomic mass is 10.4. The molecule has 0 aliphatic rings. The second-order valence-electron chi connectivity index (χ2n) is 1.80. The molecule has 0 radical (unpaired) electrons. The first-order valence-corrected chi connectivity index (χ1v) is 2.74. The van der Waals surface area contributed by atoms with Gasteiger partial charge in [0.1, 0.15) is 5.75 Å². The maximum atomic E-state index is 11.8. The van der Waals surface area contributed by atoms with Crippen LogP contribution in [0.4, 0.5) is 8.78 Å². The number of aromatic amines is 1. The van der Waals surface area contributed by atoms with Crippen LogP contribution in [0.15, 0.2) is 12.3 Å². The van der Waals surface area contributed by atoms with E-state index in [9.17, 15) is 8.78 Å². The zero-order valence-electron chi connectivity index (χ0n) is 5.40. The fourth-order valence-corrected chi connectivity index (χ4v) is 0.635. The highest BCUT2D eigenvalue weighted by Gasteiger charge is 2.08. The number of H-pyrrole nitrogens is 1. The molecule has 0 saturated carbocycles. The molecule has 0 aliphatic heterocycles. The number of aromatic nitrogens is 1. The standard InChI is InChI=1S/C6H7F2NO/c1-10-4-2-5(6(7)8)9-3-4/h2-3,6,9H,1H3. The lowest BCUT2D eigenvalue weighted by Gasteiger charge is -1.90. The molecule has 0 unspecified atom stereocenters. The van der Waals surface area contributed by atoms with Crippen LogP contribution in [0.1, 0.15) is 12.1 Å². The monoisotopic (exact) mass is 147 g/mol. The normalized spacial score (nSPS) is 10.4. The van der Waals surface area contributed by atoms with Gasteiger partial charge in [0.2, 0.25) is 0 Å². The zero-order valence-corrected chi connectivity index (χ0v) is 5.40. The molecular weight excluding hydrogens is 140 g/mol. The molecule has 56 valence electrons. The summed E-state index contributed by atoms with van der Waals surface area (Å²) in [6.45, 7) is 0. The predicted molar refractivity (Wildman–Crippen MR) is 32.3 cm³/mol. The van der Waals surface area contributed by atoms with Crippen molar-refractivity contribution >= 4 is 0 Å². The Kier molecular flexibility index (Phi) is 1.89. The highest BCUT2D eigenvalue weighted by atomic mass is 19.3. The lowest BCUT2D eigenvalue weighted by molar-refractivity contribution is 0.146. The van der Waals surface area contributed by atoms with E-state index in [1.807, 2.05) is 0 Å². The minimum atomic E-state index is -2.45. The van der Waals surface area contributed by atoms with Gasteiger partial charge in [0.05, 0.1) is 12.8 Å². The molecule has 0 bridgehead atoms. The van der Waals surface area contributed by atoms with Crippen LogP contribution in [0.5, 0.6) is 5.75 Å². The van der Waals surface area contributed by atoms with Crippen LogP contribution in [0.25, 0.3) is 0 Å². The van der Waals surface area contributed by atoms with Crippen LogP contribution < -0.4 is 4.74 Å². The number of hydrogen-bond acceptors (Lipinski definition) is 1. The lowest BCUT2D eigenvalue weighted by Crippen LogP contribution is -1.80. The van der Waals surface area contributed by atoms with Gasteiger partial charge in [0.15, 0.2) is 0 Å². The topological polar surface area (TPSA) is 25.0 Å². The van der Waals surface area contributed by atoms with E-state index < -0.39 is 6.43 Å². The average Bonchev–Trinajstić information content (AvgIpc) is 2.34. The van der Waals surface area contributed by atoms with Gasteiger partial charge in [-0.2, -0.15) is 0 Å². The van der Waals surface area contributed by atoms with Gasteiger partial charge in [-0.25, -0.2) is 8.78 Å². The maximum Gasteiger partial charge on any atom is 0.278 e. The van der Waals surface area contributed by atoms with Gasteiger partial charge >= 0.3 is 0 Å². The average molecular weight is 147 g/mol. The van der Waals surface area contributed by atoms with E-state index in [0.717, 1.165) is 0 Å². The fraction of sp³-hybridized carbons (Fsp3) is 0.333. The number of hydrogen-bond donors (Lipinski definition) is 1. The first kappa shape index (κ1) is 7.05. The molecule has 0 fully saturated rings. The molecule has 1 heterocycles. The van der Waals surface area contributed by atoms with E-state index in [1.165, 1.54) is 19.4 Å². The Labute approximate surface area is 56.8 Å². The van der Waals surface area contributed by atoms with Crippen molar-refractivity contribution in [2.24, 2.45) is 0 Å². The first-order chi connectivity index (χ1) is 4.74. The van der Waals surface area contributed by atoms with Crippen molar-refractivity contribution in [1.29, 1.82) is 0 Å². The van der Waals surface area contributed by atoms with Crippen molar-refractivity contribution in [3.8, 4) is 5.75 Å². The van der Waals surface area contributed by atoms with E-state index in [4.69, 9.17) is 0 Å². The molecule has 0 aromatic carbocycles. The summed E-state index contributed by atoms with van der Waals surface area (Å²) in [5.41, 5.74) is -0.114.